The standard InChI is InChI=1S/C25H24O4Si/c1-19(2)24(26)28-20(3)25(27)29-30(21-13-7-4-8-14-21,22-15-9-5-10-16-22)23-17-11-6-12-18-23/h4-18,20H,1H2,2-3H3. The Morgan fingerprint density at radius 3 is 1.47 bits per heavy atom. The lowest BCUT2D eigenvalue weighted by Gasteiger charge is -2.33. The van der Waals surface area contributed by atoms with Crippen LogP contribution < -0.4 is 15.6 Å². The number of benzene rings is 3. The van der Waals surface area contributed by atoms with Gasteiger partial charge in [-0.25, -0.2) is 9.59 Å². The van der Waals surface area contributed by atoms with Crippen LogP contribution in [0.2, 0.25) is 0 Å². The molecule has 0 radical (unpaired) electrons. The van der Waals surface area contributed by atoms with E-state index in [1.165, 1.54) is 13.8 Å². The molecule has 152 valence electrons. The van der Waals surface area contributed by atoms with Crippen molar-refractivity contribution in [2.75, 3.05) is 0 Å². The summed E-state index contributed by atoms with van der Waals surface area (Å²) in [6, 6.07) is 29.2. The van der Waals surface area contributed by atoms with Gasteiger partial charge in [0.2, 0.25) is 0 Å². The molecule has 0 bridgehead atoms. The zero-order valence-electron chi connectivity index (χ0n) is 17.1. The zero-order valence-corrected chi connectivity index (χ0v) is 18.1. The second-order valence-corrected chi connectivity index (χ2v) is 10.3. The molecule has 1 atom stereocenters. The predicted octanol–water partition coefficient (Wildman–Crippen LogP) is 2.70. The molecule has 0 aliphatic carbocycles. The third kappa shape index (κ3) is 4.42. The van der Waals surface area contributed by atoms with Gasteiger partial charge in [0.05, 0.1) is 0 Å². The molecule has 0 heterocycles. The average molecular weight is 417 g/mol. The van der Waals surface area contributed by atoms with Gasteiger partial charge in [-0.2, -0.15) is 0 Å². The van der Waals surface area contributed by atoms with Gasteiger partial charge in [0.25, 0.3) is 0 Å². The summed E-state index contributed by atoms with van der Waals surface area (Å²) in [6.45, 7) is 6.62. The number of carbonyl (C=O) groups excluding carboxylic acids is 2. The molecule has 0 aliphatic heterocycles. The highest BCUT2D eigenvalue weighted by Gasteiger charge is 2.46. The van der Waals surface area contributed by atoms with Crippen LogP contribution in [0, 0.1) is 0 Å². The fourth-order valence-corrected chi connectivity index (χ4v) is 7.05. The van der Waals surface area contributed by atoms with Crippen molar-refractivity contribution in [3.63, 3.8) is 0 Å². The van der Waals surface area contributed by atoms with E-state index in [0.717, 1.165) is 15.6 Å². The molecular weight excluding hydrogens is 392 g/mol. The first-order valence-corrected chi connectivity index (χ1v) is 11.6. The summed E-state index contributed by atoms with van der Waals surface area (Å²) in [5, 5.41) is 2.78. The third-order valence-electron chi connectivity index (χ3n) is 4.76. The van der Waals surface area contributed by atoms with E-state index in [2.05, 4.69) is 6.58 Å². The van der Waals surface area contributed by atoms with Crippen molar-refractivity contribution in [3.8, 4) is 0 Å². The summed E-state index contributed by atoms with van der Waals surface area (Å²) in [4.78, 5) is 25.1. The molecule has 5 heteroatoms. The van der Waals surface area contributed by atoms with Gasteiger partial charge in [0.1, 0.15) is 0 Å². The first kappa shape index (κ1) is 21.3. The van der Waals surface area contributed by atoms with Crippen LogP contribution in [0.5, 0.6) is 0 Å². The van der Waals surface area contributed by atoms with Crippen LogP contribution >= 0.6 is 0 Å². The van der Waals surface area contributed by atoms with Crippen molar-refractivity contribution in [2.24, 2.45) is 0 Å². The molecule has 30 heavy (non-hydrogen) atoms. The molecule has 3 aromatic carbocycles. The Labute approximate surface area is 177 Å². The monoisotopic (exact) mass is 416 g/mol. The Bertz CT molecular complexity index is 920. The van der Waals surface area contributed by atoms with Crippen LogP contribution in [0.4, 0.5) is 0 Å². The highest BCUT2D eigenvalue weighted by atomic mass is 28.4. The van der Waals surface area contributed by atoms with Crippen molar-refractivity contribution < 1.29 is 18.8 Å². The van der Waals surface area contributed by atoms with Crippen molar-refractivity contribution in [1.82, 2.24) is 0 Å². The molecule has 1 unspecified atom stereocenters. The maximum Gasteiger partial charge on any atom is 0.350 e. The minimum atomic E-state index is -3.19. The smallest absolute Gasteiger partial charge is 0.350 e. The van der Waals surface area contributed by atoms with Gasteiger partial charge in [-0.1, -0.05) is 97.6 Å². The van der Waals surface area contributed by atoms with Gasteiger partial charge >= 0.3 is 20.3 Å². The van der Waals surface area contributed by atoms with Gasteiger partial charge in [-0.15, -0.1) is 0 Å². The molecule has 0 aromatic heterocycles. The highest BCUT2D eigenvalue weighted by molar-refractivity contribution is 7.07. The number of hydrogen-bond acceptors (Lipinski definition) is 4. The lowest BCUT2D eigenvalue weighted by molar-refractivity contribution is -0.158. The Balaban J connectivity index is 2.13. The maximum absolute atomic E-state index is 13.1. The minimum Gasteiger partial charge on any atom is -0.503 e. The molecule has 0 aliphatic rings. The largest absolute Gasteiger partial charge is 0.503 e. The number of hydrogen-bond donors (Lipinski definition) is 0. The summed E-state index contributed by atoms with van der Waals surface area (Å²) in [6.07, 6.45) is -1.06. The first-order valence-electron chi connectivity index (χ1n) is 9.71. The second kappa shape index (κ2) is 9.37. The summed E-state index contributed by atoms with van der Waals surface area (Å²) in [7, 11) is -3.19. The van der Waals surface area contributed by atoms with E-state index < -0.39 is 26.4 Å². The van der Waals surface area contributed by atoms with Crippen LogP contribution in [0.3, 0.4) is 0 Å². The highest BCUT2D eigenvalue weighted by Crippen LogP contribution is 2.12. The third-order valence-corrected chi connectivity index (χ3v) is 8.71. The fraction of sp³-hybridized carbons (Fsp3) is 0.120. The van der Waals surface area contributed by atoms with E-state index in [9.17, 15) is 9.59 Å². The lowest BCUT2D eigenvalue weighted by atomic mass is 10.3. The molecule has 0 amide bonds. The van der Waals surface area contributed by atoms with E-state index in [1.807, 2.05) is 91.0 Å². The Morgan fingerprint density at radius 2 is 1.13 bits per heavy atom. The van der Waals surface area contributed by atoms with Gasteiger partial charge < -0.3 is 9.16 Å². The number of ether oxygens (including phenoxy) is 1. The lowest BCUT2D eigenvalue weighted by Crippen LogP contribution is -2.70. The van der Waals surface area contributed by atoms with Gasteiger partial charge in [0.15, 0.2) is 6.10 Å². The second-order valence-electron chi connectivity index (χ2n) is 7.03. The molecule has 3 aromatic rings. The molecule has 0 saturated carbocycles. The summed E-state index contributed by atoms with van der Waals surface area (Å²) < 4.78 is 11.6. The predicted molar refractivity (Wildman–Crippen MR) is 120 cm³/mol. The minimum absolute atomic E-state index is 0.229. The molecule has 0 spiro atoms. The van der Waals surface area contributed by atoms with Crippen LogP contribution in [0.25, 0.3) is 0 Å². The van der Waals surface area contributed by atoms with E-state index in [1.54, 1.807) is 0 Å². The normalized spacial score (nSPS) is 11.9. The maximum atomic E-state index is 13.1. The molecule has 0 fully saturated rings. The van der Waals surface area contributed by atoms with Crippen molar-refractivity contribution in [2.45, 2.75) is 20.0 Å². The topological polar surface area (TPSA) is 52.6 Å². The zero-order chi connectivity index (χ0) is 21.6. The Hall–Kier alpha value is -3.44. The van der Waals surface area contributed by atoms with Crippen molar-refractivity contribution >= 4 is 35.8 Å². The molecule has 4 nitrogen and oxygen atoms in total. The van der Waals surface area contributed by atoms with Crippen LogP contribution in [-0.2, 0) is 18.8 Å². The van der Waals surface area contributed by atoms with Gasteiger partial charge in [-0.05, 0) is 29.4 Å². The van der Waals surface area contributed by atoms with Crippen LogP contribution in [0.1, 0.15) is 13.8 Å². The van der Waals surface area contributed by atoms with Gasteiger partial charge in [0, 0.05) is 5.57 Å². The van der Waals surface area contributed by atoms with Crippen LogP contribution in [0.15, 0.2) is 103 Å². The van der Waals surface area contributed by atoms with E-state index in [4.69, 9.17) is 9.16 Å². The van der Waals surface area contributed by atoms with Gasteiger partial charge in [-0.3, -0.25) is 0 Å². The Morgan fingerprint density at radius 1 is 0.767 bits per heavy atom. The Kier molecular flexibility index (Phi) is 6.64. The van der Waals surface area contributed by atoms with E-state index in [0.29, 0.717) is 0 Å². The first-order chi connectivity index (χ1) is 14.4. The number of esters is 1. The van der Waals surface area contributed by atoms with E-state index >= 15 is 0 Å². The van der Waals surface area contributed by atoms with Crippen molar-refractivity contribution in [3.05, 3.63) is 103 Å². The van der Waals surface area contributed by atoms with Crippen molar-refractivity contribution in [1.29, 1.82) is 0 Å². The SMILES string of the molecule is C=C(C)C(=O)OC(C)C(=O)O[Si](c1ccccc1)(c1ccccc1)c1ccccc1. The summed E-state index contributed by atoms with van der Waals surface area (Å²) in [5.41, 5.74) is 0.229. The molecule has 3 rings (SSSR count). The van der Waals surface area contributed by atoms with Crippen LogP contribution in [-0.4, -0.2) is 26.4 Å². The average Bonchev–Trinajstić information content (AvgIpc) is 2.79. The fourth-order valence-electron chi connectivity index (χ4n) is 3.24. The molecule has 0 N–H and O–H groups in total. The quantitative estimate of drug-likeness (QED) is 0.257. The summed E-state index contributed by atoms with van der Waals surface area (Å²) in [5.74, 6) is -1.21. The molecular formula is C25H24O4Si. The molecule has 0 saturated heterocycles. The van der Waals surface area contributed by atoms with E-state index in [-0.39, 0.29) is 5.57 Å². The summed E-state index contributed by atoms with van der Waals surface area (Å²) >= 11 is 0. The number of carbonyl (C=O) groups is 2. The number of rotatable bonds is 7.